The number of fused-ring (bicyclic) bond motifs is 1. The molecule has 140 valence electrons. The van der Waals surface area contributed by atoms with Gasteiger partial charge in [0.05, 0.1) is 10.5 Å². The first-order chi connectivity index (χ1) is 13.5. The number of hydrogen-bond donors (Lipinski definition) is 1. The van der Waals surface area contributed by atoms with Crippen LogP contribution >= 0.6 is 0 Å². The number of nitro groups is 1. The van der Waals surface area contributed by atoms with Crippen LogP contribution in [-0.4, -0.2) is 4.92 Å². The number of benzene rings is 2. The first-order valence-corrected chi connectivity index (χ1v) is 8.63. The summed E-state index contributed by atoms with van der Waals surface area (Å²) in [4.78, 5) is 23.0. The maximum Gasteiger partial charge on any atom is 0.347 e. The normalized spacial score (nSPS) is 10.9. The Morgan fingerprint density at radius 3 is 2.43 bits per heavy atom. The number of nitrogens with one attached hydrogen (secondary N) is 1. The second kappa shape index (κ2) is 7.03. The van der Waals surface area contributed by atoms with Crippen molar-refractivity contribution in [2.45, 2.75) is 13.5 Å². The zero-order valence-electron chi connectivity index (χ0n) is 15.0. The van der Waals surface area contributed by atoms with Crippen LogP contribution in [0.3, 0.4) is 0 Å². The van der Waals surface area contributed by atoms with Crippen molar-refractivity contribution in [3.05, 3.63) is 92.5 Å². The third-order valence-electron chi connectivity index (χ3n) is 4.39. The molecule has 0 bridgehead atoms. The van der Waals surface area contributed by atoms with Crippen LogP contribution in [-0.2, 0) is 6.54 Å². The van der Waals surface area contributed by atoms with E-state index < -0.39 is 10.5 Å². The molecule has 2 aromatic heterocycles. The standard InChI is InChI=1S/C21H16N2O5/c1-13-11-17-19(21(24)27-13)18(15-7-9-16(10-8-15)23(25)26)20(28-17)22-12-14-5-3-2-4-6-14/h2-11,22H,12H2,1H3. The molecule has 1 N–H and O–H groups in total. The van der Waals surface area contributed by atoms with Crippen molar-refractivity contribution in [2.24, 2.45) is 0 Å². The maximum absolute atomic E-state index is 12.5. The van der Waals surface area contributed by atoms with Crippen LogP contribution in [0.1, 0.15) is 11.3 Å². The van der Waals surface area contributed by atoms with Crippen molar-refractivity contribution in [2.75, 3.05) is 5.32 Å². The summed E-state index contributed by atoms with van der Waals surface area (Å²) in [7, 11) is 0. The lowest BCUT2D eigenvalue weighted by Gasteiger charge is -2.06. The molecule has 0 unspecified atom stereocenters. The molecule has 0 spiro atoms. The lowest BCUT2D eigenvalue weighted by Crippen LogP contribution is -2.02. The zero-order valence-corrected chi connectivity index (χ0v) is 15.0. The highest BCUT2D eigenvalue weighted by atomic mass is 16.6. The Labute approximate surface area is 159 Å². The number of hydrogen-bond acceptors (Lipinski definition) is 6. The fourth-order valence-electron chi connectivity index (χ4n) is 3.09. The summed E-state index contributed by atoms with van der Waals surface area (Å²) in [6.07, 6.45) is 0. The van der Waals surface area contributed by atoms with E-state index in [1.54, 1.807) is 25.1 Å². The Balaban J connectivity index is 1.84. The number of furan rings is 1. The third-order valence-corrected chi connectivity index (χ3v) is 4.39. The van der Waals surface area contributed by atoms with Crippen molar-refractivity contribution in [3.63, 3.8) is 0 Å². The average molecular weight is 376 g/mol. The van der Waals surface area contributed by atoms with Gasteiger partial charge in [0, 0.05) is 24.7 Å². The van der Waals surface area contributed by atoms with Gasteiger partial charge in [0.25, 0.3) is 5.69 Å². The highest BCUT2D eigenvalue weighted by Crippen LogP contribution is 2.38. The largest absolute Gasteiger partial charge is 0.440 e. The summed E-state index contributed by atoms with van der Waals surface area (Å²) in [6, 6.07) is 17.4. The molecule has 7 heteroatoms. The zero-order chi connectivity index (χ0) is 19.7. The summed E-state index contributed by atoms with van der Waals surface area (Å²) in [5.41, 5.74) is 2.04. The summed E-state index contributed by atoms with van der Waals surface area (Å²) in [5, 5.41) is 14.5. The number of rotatable bonds is 5. The van der Waals surface area contributed by atoms with Gasteiger partial charge in [0.15, 0.2) is 0 Å². The minimum atomic E-state index is -0.514. The van der Waals surface area contributed by atoms with Crippen molar-refractivity contribution in [1.29, 1.82) is 0 Å². The van der Waals surface area contributed by atoms with E-state index in [1.807, 2.05) is 30.3 Å². The molecular weight excluding hydrogens is 360 g/mol. The Morgan fingerprint density at radius 1 is 1.04 bits per heavy atom. The maximum atomic E-state index is 12.5. The van der Waals surface area contributed by atoms with Gasteiger partial charge in [-0.25, -0.2) is 4.79 Å². The summed E-state index contributed by atoms with van der Waals surface area (Å²) >= 11 is 0. The van der Waals surface area contributed by atoms with Gasteiger partial charge in [-0.2, -0.15) is 0 Å². The molecule has 4 aromatic rings. The van der Waals surface area contributed by atoms with Crippen LogP contribution in [0.2, 0.25) is 0 Å². The van der Waals surface area contributed by atoms with Crippen molar-refractivity contribution >= 4 is 22.5 Å². The molecule has 0 radical (unpaired) electrons. The molecule has 0 aliphatic carbocycles. The number of aryl methyl sites for hydroxylation is 1. The summed E-state index contributed by atoms with van der Waals surface area (Å²) in [6.45, 7) is 2.16. The van der Waals surface area contributed by atoms with E-state index in [9.17, 15) is 14.9 Å². The first kappa shape index (κ1) is 17.5. The Kier molecular flexibility index (Phi) is 4.41. The highest BCUT2D eigenvalue weighted by Gasteiger charge is 2.21. The van der Waals surface area contributed by atoms with Crippen LogP contribution in [0.25, 0.3) is 22.1 Å². The molecule has 2 heterocycles. The lowest BCUT2D eigenvalue weighted by atomic mass is 10.0. The molecule has 7 nitrogen and oxygen atoms in total. The van der Waals surface area contributed by atoms with E-state index >= 15 is 0 Å². The van der Waals surface area contributed by atoms with Crippen LogP contribution in [0.15, 0.2) is 74.3 Å². The van der Waals surface area contributed by atoms with E-state index in [2.05, 4.69) is 5.32 Å². The molecule has 2 aromatic carbocycles. The van der Waals surface area contributed by atoms with E-state index in [4.69, 9.17) is 8.83 Å². The van der Waals surface area contributed by atoms with Gasteiger partial charge in [-0.05, 0) is 30.2 Å². The highest BCUT2D eigenvalue weighted by molar-refractivity contribution is 5.99. The van der Waals surface area contributed by atoms with E-state index in [0.29, 0.717) is 40.3 Å². The summed E-state index contributed by atoms with van der Waals surface area (Å²) < 4.78 is 11.1. The fourth-order valence-corrected chi connectivity index (χ4v) is 3.09. The molecule has 0 fully saturated rings. The average Bonchev–Trinajstić information content (AvgIpc) is 3.05. The van der Waals surface area contributed by atoms with Crippen LogP contribution < -0.4 is 10.9 Å². The topological polar surface area (TPSA) is 98.5 Å². The predicted molar refractivity (Wildman–Crippen MR) is 105 cm³/mol. The van der Waals surface area contributed by atoms with Crippen molar-refractivity contribution < 1.29 is 13.8 Å². The molecule has 0 aliphatic rings. The molecule has 4 rings (SSSR count). The molecule has 0 aliphatic heterocycles. The molecule has 0 saturated carbocycles. The van der Waals surface area contributed by atoms with E-state index in [1.165, 1.54) is 12.1 Å². The third kappa shape index (κ3) is 3.25. The van der Waals surface area contributed by atoms with E-state index in [0.717, 1.165) is 5.56 Å². The van der Waals surface area contributed by atoms with Crippen LogP contribution in [0.4, 0.5) is 11.6 Å². The molecule has 0 saturated heterocycles. The molecule has 0 amide bonds. The van der Waals surface area contributed by atoms with Crippen LogP contribution in [0.5, 0.6) is 0 Å². The lowest BCUT2D eigenvalue weighted by molar-refractivity contribution is -0.384. The number of non-ortho nitro benzene ring substituents is 1. The Hall–Kier alpha value is -3.87. The van der Waals surface area contributed by atoms with Gasteiger partial charge in [-0.15, -0.1) is 0 Å². The van der Waals surface area contributed by atoms with E-state index in [-0.39, 0.29) is 5.69 Å². The second-order valence-corrected chi connectivity index (χ2v) is 6.33. The predicted octanol–water partition coefficient (Wildman–Crippen LogP) is 4.88. The molecule has 0 atom stereocenters. The smallest absolute Gasteiger partial charge is 0.347 e. The molecule has 28 heavy (non-hydrogen) atoms. The quantitative estimate of drug-likeness (QED) is 0.394. The van der Waals surface area contributed by atoms with Crippen molar-refractivity contribution in [1.82, 2.24) is 0 Å². The molecular formula is C21H16N2O5. The Bertz CT molecular complexity index is 1210. The van der Waals surface area contributed by atoms with Gasteiger partial charge < -0.3 is 14.2 Å². The van der Waals surface area contributed by atoms with Crippen LogP contribution in [0, 0.1) is 17.0 Å². The SMILES string of the molecule is Cc1cc2oc(NCc3ccccc3)c(-c3ccc([N+](=O)[O-])cc3)c2c(=O)o1. The van der Waals surface area contributed by atoms with Gasteiger partial charge in [-0.3, -0.25) is 10.1 Å². The van der Waals surface area contributed by atoms with Gasteiger partial charge in [-0.1, -0.05) is 30.3 Å². The number of nitro benzene ring substituents is 1. The second-order valence-electron chi connectivity index (χ2n) is 6.33. The van der Waals surface area contributed by atoms with Gasteiger partial charge >= 0.3 is 5.63 Å². The number of anilines is 1. The van der Waals surface area contributed by atoms with Gasteiger partial charge in [0.1, 0.15) is 16.7 Å². The fraction of sp³-hybridized carbons (Fsp3) is 0.0952. The minimum absolute atomic E-state index is 0.0294. The van der Waals surface area contributed by atoms with Crippen molar-refractivity contribution in [3.8, 4) is 11.1 Å². The summed E-state index contributed by atoms with van der Waals surface area (Å²) in [5.74, 6) is 0.849. The Morgan fingerprint density at radius 2 is 1.75 bits per heavy atom. The number of nitrogens with zero attached hydrogens (tertiary/aromatic N) is 1. The first-order valence-electron chi connectivity index (χ1n) is 8.63. The monoisotopic (exact) mass is 376 g/mol. The minimum Gasteiger partial charge on any atom is -0.440 e. The van der Waals surface area contributed by atoms with Gasteiger partial charge in [0.2, 0.25) is 5.88 Å².